The molecule has 12 heavy (non-hydrogen) atoms. The zero-order chi connectivity index (χ0) is 8.55. The molecule has 6 heteroatoms. The van der Waals surface area contributed by atoms with Crippen LogP contribution in [0.15, 0.2) is 12.3 Å². The second kappa shape index (κ2) is 2.84. The van der Waals surface area contributed by atoms with Crippen molar-refractivity contribution in [1.29, 1.82) is 0 Å². The van der Waals surface area contributed by atoms with E-state index >= 15 is 0 Å². The maximum Gasteiger partial charge on any atom is 0.206 e. The van der Waals surface area contributed by atoms with Crippen molar-refractivity contribution < 1.29 is 0 Å². The number of aryl methyl sites for hydroxylation is 1. The van der Waals surface area contributed by atoms with Crippen LogP contribution in [-0.2, 0) is 0 Å². The molecule has 0 fully saturated rings. The minimum absolute atomic E-state index is 0.392. The molecule has 0 atom stereocenters. The molecule has 0 bridgehead atoms. The highest BCUT2D eigenvalue weighted by molar-refractivity contribution is 6.99. The molecule has 62 valence electrons. The third kappa shape index (κ3) is 1.21. The minimum atomic E-state index is 0.392. The molecular formula is C6H5ClN4S. The quantitative estimate of drug-likeness (QED) is 0.704. The van der Waals surface area contributed by atoms with Gasteiger partial charge < -0.3 is 0 Å². The summed E-state index contributed by atoms with van der Waals surface area (Å²) in [5.41, 5.74) is 0.930. The van der Waals surface area contributed by atoms with Gasteiger partial charge in [-0.05, 0) is 13.0 Å². The summed E-state index contributed by atoms with van der Waals surface area (Å²) in [5.74, 6) is 0.592. The van der Waals surface area contributed by atoms with Gasteiger partial charge in [0.05, 0.1) is 17.4 Å². The van der Waals surface area contributed by atoms with Crippen molar-refractivity contribution in [3.63, 3.8) is 0 Å². The Morgan fingerprint density at radius 1 is 1.50 bits per heavy atom. The minimum Gasteiger partial charge on any atom is -0.219 e. The molecule has 0 aliphatic rings. The van der Waals surface area contributed by atoms with Crippen LogP contribution in [0.4, 0.5) is 0 Å². The molecule has 0 saturated heterocycles. The molecular weight excluding hydrogens is 196 g/mol. The third-order valence-electron chi connectivity index (χ3n) is 1.37. The number of halogens is 1. The van der Waals surface area contributed by atoms with Crippen molar-refractivity contribution in [2.75, 3.05) is 0 Å². The van der Waals surface area contributed by atoms with Gasteiger partial charge in [-0.15, -0.1) is 0 Å². The topological polar surface area (TPSA) is 43.6 Å². The maximum atomic E-state index is 5.76. The van der Waals surface area contributed by atoms with Gasteiger partial charge in [-0.3, -0.25) is 0 Å². The molecule has 0 spiro atoms. The average Bonchev–Trinajstić information content (AvgIpc) is 2.58. The summed E-state index contributed by atoms with van der Waals surface area (Å²) in [6.45, 7) is 1.91. The predicted octanol–water partition coefficient (Wildman–Crippen LogP) is 1.69. The Labute approximate surface area is 78.1 Å². The van der Waals surface area contributed by atoms with Gasteiger partial charge in [-0.2, -0.15) is 13.8 Å². The molecule has 0 unspecified atom stereocenters. The van der Waals surface area contributed by atoms with Gasteiger partial charge in [-0.1, -0.05) is 11.6 Å². The smallest absolute Gasteiger partial charge is 0.206 e. The summed E-state index contributed by atoms with van der Waals surface area (Å²) >= 11 is 6.84. The third-order valence-corrected chi connectivity index (χ3v) is 2.24. The molecule has 2 aromatic rings. The first-order chi connectivity index (χ1) is 5.77. The Hall–Kier alpha value is -0.940. The molecule has 2 rings (SSSR count). The Kier molecular flexibility index (Phi) is 1.82. The van der Waals surface area contributed by atoms with E-state index in [1.807, 2.05) is 13.0 Å². The number of aromatic nitrogens is 4. The Bertz CT molecular complexity index is 394. The van der Waals surface area contributed by atoms with E-state index in [1.165, 1.54) is 0 Å². The van der Waals surface area contributed by atoms with Crippen LogP contribution in [-0.4, -0.2) is 18.5 Å². The van der Waals surface area contributed by atoms with Crippen LogP contribution in [0, 0.1) is 6.92 Å². The summed E-state index contributed by atoms with van der Waals surface area (Å²) in [4.78, 5) is 0. The van der Waals surface area contributed by atoms with Crippen LogP contribution in [0.3, 0.4) is 0 Å². The molecule has 0 N–H and O–H groups in total. The first-order valence-corrected chi connectivity index (χ1v) is 4.39. The summed E-state index contributed by atoms with van der Waals surface area (Å²) in [6.07, 6.45) is 1.80. The second-order valence-electron chi connectivity index (χ2n) is 2.28. The summed E-state index contributed by atoms with van der Waals surface area (Å²) in [7, 11) is 0. The normalized spacial score (nSPS) is 10.5. The lowest BCUT2D eigenvalue weighted by Gasteiger charge is -1.92. The number of hydrogen-bond acceptors (Lipinski definition) is 4. The van der Waals surface area contributed by atoms with Gasteiger partial charge in [0.1, 0.15) is 0 Å². The Balaban J connectivity index is 2.50. The van der Waals surface area contributed by atoms with Gasteiger partial charge in [0, 0.05) is 6.20 Å². The number of hydrogen-bond donors (Lipinski definition) is 0. The lowest BCUT2D eigenvalue weighted by molar-refractivity contribution is 0.843. The van der Waals surface area contributed by atoms with Crippen LogP contribution >= 0.6 is 23.3 Å². The fourth-order valence-electron chi connectivity index (χ4n) is 0.843. The first-order valence-electron chi connectivity index (χ1n) is 3.28. The molecule has 2 heterocycles. The second-order valence-corrected chi connectivity index (χ2v) is 3.17. The van der Waals surface area contributed by atoms with Gasteiger partial charge >= 0.3 is 0 Å². The average molecular weight is 201 g/mol. The molecule has 0 aliphatic heterocycles. The summed E-state index contributed by atoms with van der Waals surface area (Å²) in [5, 5.41) is 4.54. The van der Waals surface area contributed by atoms with E-state index in [4.69, 9.17) is 11.6 Å². The SMILES string of the molecule is Cc1ccn(-c2nsnc2Cl)n1. The van der Waals surface area contributed by atoms with Crippen molar-refractivity contribution in [3.05, 3.63) is 23.1 Å². The van der Waals surface area contributed by atoms with Gasteiger partial charge in [0.25, 0.3) is 0 Å². The molecule has 0 aliphatic carbocycles. The zero-order valence-corrected chi connectivity index (χ0v) is 7.80. The van der Waals surface area contributed by atoms with E-state index in [0.717, 1.165) is 17.4 Å². The van der Waals surface area contributed by atoms with E-state index in [1.54, 1.807) is 10.9 Å². The highest BCUT2D eigenvalue weighted by atomic mass is 35.5. The fraction of sp³-hybridized carbons (Fsp3) is 0.167. The Morgan fingerprint density at radius 2 is 2.33 bits per heavy atom. The summed E-state index contributed by atoms with van der Waals surface area (Å²) < 4.78 is 9.45. The molecule has 2 aromatic heterocycles. The number of rotatable bonds is 1. The Morgan fingerprint density at radius 3 is 2.83 bits per heavy atom. The largest absolute Gasteiger partial charge is 0.219 e. The van der Waals surface area contributed by atoms with Gasteiger partial charge in [-0.25, -0.2) is 4.68 Å². The predicted molar refractivity (Wildman–Crippen MR) is 46.8 cm³/mol. The van der Waals surface area contributed by atoms with E-state index in [2.05, 4.69) is 13.8 Å². The van der Waals surface area contributed by atoms with Crippen molar-refractivity contribution in [3.8, 4) is 5.82 Å². The fourth-order valence-corrected chi connectivity index (χ4v) is 1.56. The van der Waals surface area contributed by atoms with Crippen molar-refractivity contribution in [1.82, 2.24) is 18.5 Å². The standard InChI is InChI=1S/C6H5ClN4S/c1-4-2-3-11(8-4)6-5(7)9-12-10-6/h2-3H,1H3. The van der Waals surface area contributed by atoms with Crippen molar-refractivity contribution >= 4 is 23.3 Å². The first kappa shape index (κ1) is 7.70. The number of nitrogens with zero attached hydrogens (tertiary/aromatic N) is 4. The van der Waals surface area contributed by atoms with Crippen LogP contribution in [0.25, 0.3) is 5.82 Å². The van der Waals surface area contributed by atoms with Crippen molar-refractivity contribution in [2.45, 2.75) is 6.92 Å². The molecule has 0 amide bonds. The molecule has 4 nitrogen and oxygen atoms in total. The molecule has 0 saturated carbocycles. The molecule has 0 aromatic carbocycles. The highest BCUT2D eigenvalue weighted by Crippen LogP contribution is 2.16. The van der Waals surface area contributed by atoms with Gasteiger partial charge in [0.2, 0.25) is 5.82 Å². The highest BCUT2D eigenvalue weighted by Gasteiger charge is 2.07. The lowest BCUT2D eigenvalue weighted by Crippen LogP contribution is -1.95. The van der Waals surface area contributed by atoms with E-state index in [-0.39, 0.29) is 0 Å². The van der Waals surface area contributed by atoms with Crippen LogP contribution in [0.5, 0.6) is 0 Å². The monoisotopic (exact) mass is 200 g/mol. The van der Waals surface area contributed by atoms with Crippen LogP contribution in [0.2, 0.25) is 5.15 Å². The zero-order valence-electron chi connectivity index (χ0n) is 6.23. The van der Waals surface area contributed by atoms with Gasteiger partial charge in [0.15, 0.2) is 5.15 Å². The maximum absolute atomic E-state index is 5.76. The van der Waals surface area contributed by atoms with E-state index < -0.39 is 0 Å². The van der Waals surface area contributed by atoms with Crippen molar-refractivity contribution in [2.24, 2.45) is 0 Å². The van der Waals surface area contributed by atoms with E-state index in [9.17, 15) is 0 Å². The lowest BCUT2D eigenvalue weighted by atomic mass is 10.5. The molecule has 0 radical (unpaired) electrons. The van der Waals surface area contributed by atoms with Crippen LogP contribution in [0.1, 0.15) is 5.69 Å². The van der Waals surface area contributed by atoms with E-state index in [0.29, 0.717) is 11.0 Å². The summed E-state index contributed by atoms with van der Waals surface area (Å²) in [6, 6.07) is 1.88. The van der Waals surface area contributed by atoms with Crippen LogP contribution < -0.4 is 0 Å².